The first-order chi connectivity index (χ1) is 17.7. The third-order valence-electron chi connectivity index (χ3n) is 6.57. The van der Waals surface area contributed by atoms with Crippen LogP contribution < -0.4 is 15.0 Å². The highest BCUT2D eigenvalue weighted by molar-refractivity contribution is 6.01. The van der Waals surface area contributed by atoms with E-state index in [4.69, 9.17) is 4.74 Å². The summed E-state index contributed by atoms with van der Waals surface area (Å²) in [6.45, 7) is 7.85. The van der Waals surface area contributed by atoms with Crippen molar-refractivity contribution in [2.45, 2.75) is 52.2 Å². The lowest BCUT2D eigenvalue weighted by molar-refractivity contribution is -0.128. The van der Waals surface area contributed by atoms with E-state index in [9.17, 15) is 9.59 Å². The number of carbonyl (C=O) groups is 2. The molecule has 0 spiro atoms. The van der Waals surface area contributed by atoms with Crippen molar-refractivity contribution in [2.75, 3.05) is 12.0 Å². The number of fused-ring (bicyclic) bond motifs is 1. The number of rotatable bonds is 9. The molecule has 0 saturated heterocycles. The van der Waals surface area contributed by atoms with Crippen molar-refractivity contribution in [3.8, 4) is 5.75 Å². The third-order valence-corrected chi connectivity index (χ3v) is 6.57. The molecule has 0 radical (unpaired) electrons. The van der Waals surface area contributed by atoms with Crippen LogP contribution in [0.2, 0.25) is 0 Å². The first-order valence-corrected chi connectivity index (χ1v) is 12.4. The summed E-state index contributed by atoms with van der Waals surface area (Å²) in [5.74, 6) is 0.110. The van der Waals surface area contributed by atoms with E-state index in [1.165, 1.54) is 0 Å². The number of ether oxygens (including phenoxy) is 1. The predicted octanol–water partition coefficient (Wildman–Crippen LogP) is 4.83. The molecule has 4 rings (SSSR count). The Hall–Kier alpha value is -4.20. The number of nitrogens with one attached hydrogen (secondary N) is 1. The number of carbonyl (C=O) groups excluding carboxylic acids is 2. The average Bonchev–Trinajstić information content (AvgIpc) is 3.30. The van der Waals surface area contributed by atoms with Gasteiger partial charge in [-0.3, -0.25) is 14.5 Å². The molecule has 2 amide bonds. The smallest absolute Gasteiger partial charge is 0.249 e. The van der Waals surface area contributed by atoms with Crippen LogP contribution in [0, 0.1) is 6.92 Å². The number of aromatic nitrogens is 3. The minimum atomic E-state index is -0.915. The van der Waals surface area contributed by atoms with Crippen molar-refractivity contribution in [1.82, 2.24) is 20.3 Å². The zero-order chi connectivity index (χ0) is 26.6. The molecule has 8 nitrogen and oxygen atoms in total. The Bertz CT molecular complexity index is 1380. The molecule has 192 valence electrons. The summed E-state index contributed by atoms with van der Waals surface area (Å²) in [5.41, 5.74) is 3.33. The Morgan fingerprint density at radius 3 is 2.35 bits per heavy atom. The summed E-state index contributed by atoms with van der Waals surface area (Å²) in [7, 11) is 1.59. The number of benzene rings is 3. The Morgan fingerprint density at radius 2 is 1.70 bits per heavy atom. The maximum Gasteiger partial charge on any atom is 0.249 e. The van der Waals surface area contributed by atoms with Crippen molar-refractivity contribution in [2.24, 2.45) is 0 Å². The van der Waals surface area contributed by atoms with E-state index < -0.39 is 11.6 Å². The minimum absolute atomic E-state index is 0.0779. The van der Waals surface area contributed by atoms with Gasteiger partial charge in [0.05, 0.1) is 12.6 Å². The normalized spacial score (nSPS) is 12.2. The Balaban J connectivity index is 1.81. The number of nitrogens with zero attached hydrogens (tertiary/aromatic N) is 4. The molecule has 0 bridgehead atoms. The largest absolute Gasteiger partial charge is 0.497 e. The summed E-state index contributed by atoms with van der Waals surface area (Å²) in [6.07, 6.45) is 0.734. The standard InChI is InChI=1S/C29H33N5O3/c1-6-29(3,4)30-28(36)27(21-13-17-23(37-5)18-14-21)34(22-15-11-20(2)12-16-22)26(35)19-33-25-10-8-7-9-24(25)31-32-33/h7-18,27H,6,19H2,1-5H3,(H,30,36). The summed E-state index contributed by atoms with van der Waals surface area (Å²) in [6, 6.07) is 21.4. The fourth-order valence-corrected chi connectivity index (χ4v) is 4.08. The molecule has 1 heterocycles. The molecule has 37 heavy (non-hydrogen) atoms. The monoisotopic (exact) mass is 499 g/mol. The van der Waals surface area contributed by atoms with Crippen LogP contribution in [0.4, 0.5) is 5.69 Å². The second-order valence-corrected chi connectivity index (χ2v) is 9.74. The highest BCUT2D eigenvalue weighted by Gasteiger charge is 2.35. The molecule has 8 heteroatoms. The molecule has 0 fully saturated rings. The van der Waals surface area contributed by atoms with E-state index in [-0.39, 0.29) is 18.4 Å². The number of anilines is 1. The molecule has 1 aromatic heterocycles. The summed E-state index contributed by atoms with van der Waals surface area (Å²) in [5, 5.41) is 11.5. The highest BCUT2D eigenvalue weighted by Crippen LogP contribution is 2.31. The topological polar surface area (TPSA) is 89.4 Å². The lowest BCUT2D eigenvalue weighted by Gasteiger charge is -2.34. The number of methoxy groups -OCH3 is 1. The van der Waals surface area contributed by atoms with Gasteiger partial charge in [0.1, 0.15) is 23.9 Å². The number of hydrogen-bond donors (Lipinski definition) is 1. The van der Waals surface area contributed by atoms with Crippen LogP contribution in [-0.4, -0.2) is 39.5 Å². The Kier molecular flexibility index (Phi) is 7.57. The Morgan fingerprint density at radius 1 is 1.03 bits per heavy atom. The van der Waals surface area contributed by atoms with Crippen LogP contribution >= 0.6 is 0 Å². The lowest BCUT2D eigenvalue weighted by atomic mass is 9.98. The van der Waals surface area contributed by atoms with Gasteiger partial charge in [0.25, 0.3) is 0 Å². The van der Waals surface area contributed by atoms with Crippen LogP contribution in [-0.2, 0) is 16.1 Å². The Labute approximate surface area is 217 Å². The second kappa shape index (κ2) is 10.8. The number of aryl methyl sites for hydroxylation is 1. The van der Waals surface area contributed by atoms with E-state index in [0.29, 0.717) is 22.5 Å². The highest BCUT2D eigenvalue weighted by atomic mass is 16.5. The SMILES string of the molecule is CCC(C)(C)NC(=O)C(c1ccc(OC)cc1)N(C(=O)Cn1nnc2ccccc21)c1ccc(C)cc1. The van der Waals surface area contributed by atoms with Gasteiger partial charge in [0, 0.05) is 11.2 Å². The number of hydrogen-bond acceptors (Lipinski definition) is 5. The van der Waals surface area contributed by atoms with Crippen LogP contribution in [0.1, 0.15) is 44.4 Å². The summed E-state index contributed by atoms with van der Waals surface area (Å²) >= 11 is 0. The van der Waals surface area contributed by atoms with E-state index in [1.807, 2.05) is 88.4 Å². The van der Waals surface area contributed by atoms with Gasteiger partial charge >= 0.3 is 0 Å². The molecule has 3 aromatic carbocycles. The number of amides is 2. The van der Waals surface area contributed by atoms with Gasteiger partial charge in [-0.1, -0.05) is 54.1 Å². The zero-order valence-corrected chi connectivity index (χ0v) is 21.9. The molecule has 1 N–H and O–H groups in total. The van der Waals surface area contributed by atoms with Gasteiger partial charge in [-0.05, 0) is 69.2 Å². The summed E-state index contributed by atoms with van der Waals surface area (Å²) in [4.78, 5) is 29.5. The molecule has 1 atom stereocenters. The average molecular weight is 500 g/mol. The molecule has 4 aromatic rings. The molecule has 0 aliphatic rings. The van der Waals surface area contributed by atoms with Crippen molar-refractivity contribution in [1.29, 1.82) is 0 Å². The quantitative estimate of drug-likeness (QED) is 0.356. The van der Waals surface area contributed by atoms with Crippen LogP contribution in [0.5, 0.6) is 5.75 Å². The maximum absolute atomic E-state index is 14.0. The van der Waals surface area contributed by atoms with Crippen LogP contribution in [0.15, 0.2) is 72.8 Å². The van der Waals surface area contributed by atoms with E-state index in [1.54, 1.807) is 28.8 Å². The van der Waals surface area contributed by atoms with Gasteiger partial charge in [-0.2, -0.15) is 0 Å². The first-order valence-electron chi connectivity index (χ1n) is 12.4. The molecule has 0 aliphatic heterocycles. The van der Waals surface area contributed by atoms with Crippen molar-refractivity contribution < 1.29 is 14.3 Å². The van der Waals surface area contributed by atoms with Gasteiger partial charge in [0.2, 0.25) is 11.8 Å². The third kappa shape index (κ3) is 5.80. The maximum atomic E-state index is 14.0. The van der Waals surface area contributed by atoms with Gasteiger partial charge in [-0.15, -0.1) is 5.10 Å². The fourth-order valence-electron chi connectivity index (χ4n) is 4.08. The van der Waals surface area contributed by atoms with E-state index in [2.05, 4.69) is 15.6 Å². The predicted molar refractivity (Wildman–Crippen MR) is 144 cm³/mol. The van der Waals surface area contributed by atoms with Crippen molar-refractivity contribution in [3.63, 3.8) is 0 Å². The van der Waals surface area contributed by atoms with E-state index >= 15 is 0 Å². The second-order valence-electron chi connectivity index (χ2n) is 9.74. The van der Waals surface area contributed by atoms with E-state index in [0.717, 1.165) is 17.5 Å². The fraction of sp³-hybridized carbons (Fsp3) is 0.310. The number of para-hydroxylation sites is 1. The van der Waals surface area contributed by atoms with Crippen molar-refractivity contribution >= 4 is 28.5 Å². The molecular formula is C29H33N5O3. The molecular weight excluding hydrogens is 466 g/mol. The first kappa shape index (κ1) is 25.9. The van der Waals surface area contributed by atoms with Gasteiger partial charge in [0.15, 0.2) is 0 Å². The summed E-state index contributed by atoms with van der Waals surface area (Å²) < 4.78 is 6.89. The van der Waals surface area contributed by atoms with Crippen LogP contribution in [0.3, 0.4) is 0 Å². The van der Waals surface area contributed by atoms with Gasteiger partial charge in [-0.25, -0.2) is 4.68 Å². The minimum Gasteiger partial charge on any atom is -0.497 e. The molecule has 0 aliphatic carbocycles. The van der Waals surface area contributed by atoms with Gasteiger partial charge < -0.3 is 10.1 Å². The lowest BCUT2D eigenvalue weighted by Crippen LogP contribution is -2.51. The molecule has 1 unspecified atom stereocenters. The van der Waals surface area contributed by atoms with Crippen molar-refractivity contribution in [3.05, 3.63) is 83.9 Å². The zero-order valence-electron chi connectivity index (χ0n) is 21.9. The van der Waals surface area contributed by atoms with Crippen LogP contribution in [0.25, 0.3) is 11.0 Å². The molecule has 0 saturated carbocycles.